The fourth-order valence-electron chi connectivity index (χ4n) is 3.62. The first-order valence-electron chi connectivity index (χ1n) is 10.6. The van der Waals surface area contributed by atoms with E-state index in [1.54, 1.807) is 13.3 Å². The Morgan fingerprint density at radius 2 is 1.84 bits per heavy atom. The molecule has 2 aromatic heterocycles. The summed E-state index contributed by atoms with van der Waals surface area (Å²) in [6, 6.07) is 17.6. The number of fused-ring (bicyclic) bond motifs is 1. The quantitative estimate of drug-likeness (QED) is 0.408. The van der Waals surface area contributed by atoms with Gasteiger partial charge in [-0.1, -0.05) is 35.9 Å². The van der Waals surface area contributed by atoms with Gasteiger partial charge in [0.1, 0.15) is 17.1 Å². The topological polar surface area (TPSA) is 81.1 Å². The molecule has 0 spiro atoms. The molecule has 0 saturated heterocycles. The third-order valence-corrected chi connectivity index (χ3v) is 5.26. The number of hydrogen-bond acceptors (Lipinski definition) is 4. The van der Waals surface area contributed by atoms with Gasteiger partial charge in [-0.3, -0.25) is 0 Å². The summed E-state index contributed by atoms with van der Waals surface area (Å²) in [7, 11) is 1.59. The van der Waals surface area contributed by atoms with Crippen LogP contribution in [0.2, 0.25) is 0 Å². The summed E-state index contributed by atoms with van der Waals surface area (Å²) < 4.78 is 7.43. The Labute approximate surface area is 187 Å². The van der Waals surface area contributed by atoms with Crippen molar-refractivity contribution in [1.82, 2.24) is 19.9 Å². The van der Waals surface area contributed by atoms with E-state index in [0.29, 0.717) is 24.5 Å². The number of imidazole rings is 1. The van der Waals surface area contributed by atoms with Gasteiger partial charge in [-0.2, -0.15) is 0 Å². The van der Waals surface area contributed by atoms with Gasteiger partial charge in [-0.15, -0.1) is 0 Å². The number of pyridine rings is 1. The number of nitrogens with zero attached hydrogens (tertiary/aromatic N) is 3. The molecule has 2 aromatic carbocycles. The Hall–Kier alpha value is -3.87. The molecule has 0 aliphatic carbocycles. The Morgan fingerprint density at radius 3 is 2.62 bits per heavy atom. The van der Waals surface area contributed by atoms with E-state index < -0.39 is 0 Å². The SMILES string of the molecule is COc1ccc(C)cc1NC(=O)NCCCn1c(-c2ccc(C)cc2)nc2cccnc21. The summed E-state index contributed by atoms with van der Waals surface area (Å²) in [6.45, 7) is 5.24. The lowest BCUT2D eigenvalue weighted by atomic mass is 10.1. The van der Waals surface area contributed by atoms with E-state index in [0.717, 1.165) is 34.5 Å². The first kappa shape index (κ1) is 21.4. The van der Waals surface area contributed by atoms with Crippen LogP contribution in [0.4, 0.5) is 10.5 Å². The number of amides is 2. The second kappa shape index (κ2) is 9.51. The molecule has 2 heterocycles. The maximum Gasteiger partial charge on any atom is 0.319 e. The number of hydrogen-bond donors (Lipinski definition) is 2. The van der Waals surface area contributed by atoms with E-state index >= 15 is 0 Å². The zero-order valence-corrected chi connectivity index (χ0v) is 18.6. The minimum atomic E-state index is -0.263. The second-order valence-electron chi connectivity index (χ2n) is 7.74. The highest BCUT2D eigenvalue weighted by atomic mass is 16.5. The van der Waals surface area contributed by atoms with E-state index in [2.05, 4.69) is 51.4 Å². The Balaban J connectivity index is 1.42. The molecule has 0 radical (unpaired) electrons. The van der Waals surface area contributed by atoms with Crippen molar-refractivity contribution in [2.75, 3.05) is 19.0 Å². The number of ether oxygens (including phenoxy) is 1. The van der Waals surface area contributed by atoms with Gasteiger partial charge in [-0.05, 0) is 50.1 Å². The number of anilines is 1. The van der Waals surface area contributed by atoms with Gasteiger partial charge >= 0.3 is 6.03 Å². The summed E-state index contributed by atoms with van der Waals surface area (Å²) in [4.78, 5) is 21.7. The van der Waals surface area contributed by atoms with Gasteiger partial charge in [0, 0.05) is 24.8 Å². The van der Waals surface area contributed by atoms with Crippen LogP contribution in [0.15, 0.2) is 60.8 Å². The van der Waals surface area contributed by atoms with Crippen LogP contribution < -0.4 is 15.4 Å². The number of nitrogens with one attached hydrogen (secondary N) is 2. The van der Waals surface area contributed by atoms with Crippen LogP contribution in [0.5, 0.6) is 5.75 Å². The van der Waals surface area contributed by atoms with E-state index in [1.165, 1.54) is 5.56 Å². The molecule has 0 saturated carbocycles. The molecule has 164 valence electrons. The predicted molar refractivity (Wildman–Crippen MR) is 127 cm³/mol. The average Bonchev–Trinajstić information content (AvgIpc) is 3.16. The number of rotatable bonds is 7. The van der Waals surface area contributed by atoms with Gasteiger partial charge in [-0.25, -0.2) is 14.8 Å². The maximum absolute atomic E-state index is 12.4. The normalized spacial score (nSPS) is 10.8. The summed E-state index contributed by atoms with van der Waals surface area (Å²) >= 11 is 0. The highest BCUT2D eigenvalue weighted by Crippen LogP contribution is 2.25. The van der Waals surface area contributed by atoms with Crippen molar-refractivity contribution in [3.63, 3.8) is 0 Å². The zero-order chi connectivity index (χ0) is 22.5. The number of aryl methyl sites for hydroxylation is 3. The molecule has 32 heavy (non-hydrogen) atoms. The highest BCUT2D eigenvalue weighted by Gasteiger charge is 2.13. The van der Waals surface area contributed by atoms with Crippen molar-refractivity contribution in [2.45, 2.75) is 26.8 Å². The number of carbonyl (C=O) groups is 1. The Kier molecular flexibility index (Phi) is 6.35. The lowest BCUT2D eigenvalue weighted by Crippen LogP contribution is -2.30. The van der Waals surface area contributed by atoms with E-state index in [9.17, 15) is 4.79 Å². The third kappa shape index (κ3) is 4.72. The molecular formula is C25H27N5O2. The van der Waals surface area contributed by atoms with Crippen LogP contribution in [0.25, 0.3) is 22.6 Å². The van der Waals surface area contributed by atoms with Gasteiger partial charge in [0.15, 0.2) is 5.65 Å². The van der Waals surface area contributed by atoms with Crippen molar-refractivity contribution in [3.8, 4) is 17.1 Å². The summed E-state index contributed by atoms with van der Waals surface area (Å²) in [5.74, 6) is 1.51. The largest absolute Gasteiger partial charge is 0.495 e. The van der Waals surface area contributed by atoms with Crippen molar-refractivity contribution in [2.24, 2.45) is 0 Å². The van der Waals surface area contributed by atoms with Gasteiger partial charge in [0.2, 0.25) is 0 Å². The Bertz CT molecular complexity index is 1230. The summed E-state index contributed by atoms with van der Waals surface area (Å²) in [5, 5.41) is 5.78. The van der Waals surface area contributed by atoms with Gasteiger partial charge in [0.05, 0.1) is 12.8 Å². The standard InChI is InChI=1S/C25H27N5O2/c1-17-7-10-19(11-8-17)23-28-20-6-4-13-26-24(20)30(23)15-5-14-27-25(31)29-21-16-18(2)9-12-22(21)32-3/h4,6-13,16H,5,14-15H2,1-3H3,(H2,27,29,31). The smallest absolute Gasteiger partial charge is 0.319 e. The van der Waals surface area contributed by atoms with Gasteiger partial charge < -0.3 is 19.9 Å². The highest BCUT2D eigenvalue weighted by molar-refractivity contribution is 5.91. The molecule has 4 aromatic rings. The molecule has 7 nitrogen and oxygen atoms in total. The molecular weight excluding hydrogens is 402 g/mol. The van der Waals surface area contributed by atoms with Crippen LogP contribution in [0, 0.1) is 13.8 Å². The maximum atomic E-state index is 12.4. The summed E-state index contributed by atoms with van der Waals surface area (Å²) in [6.07, 6.45) is 2.51. The number of benzene rings is 2. The molecule has 0 atom stereocenters. The number of methoxy groups -OCH3 is 1. The molecule has 2 amide bonds. The molecule has 0 aliphatic heterocycles. The zero-order valence-electron chi connectivity index (χ0n) is 18.6. The van der Waals surface area contributed by atoms with E-state index in [4.69, 9.17) is 9.72 Å². The first-order chi connectivity index (χ1) is 15.5. The van der Waals surface area contributed by atoms with Crippen molar-refractivity contribution in [3.05, 3.63) is 71.9 Å². The van der Waals surface area contributed by atoms with Crippen LogP contribution >= 0.6 is 0 Å². The van der Waals surface area contributed by atoms with Crippen LogP contribution in [-0.4, -0.2) is 34.2 Å². The van der Waals surface area contributed by atoms with E-state index in [1.807, 2.05) is 37.3 Å². The number of urea groups is 1. The first-order valence-corrected chi connectivity index (χ1v) is 10.6. The monoisotopic (exact) mass is 429 g/mol. The van der Waals surface area contributed by atoms with Crippen LogP contribution in [0.1, 0.15) is 17.5 Å². The minimum Gasteiger partial charge on any atom is -0.495 e. The Morgan fingerprint density at radius 1 is 1.06 bits per heavy atom. The van der Waals surface area contributed by atoms with Crippen LogP contribution in [-0.2, 0) is 6.54 Å². The lowest BCUT2D eigenvalue weighted by Gasteiger charge is -2.13. The number of carbonyl (C=O) groups excluding carboxylic acids is 1. The molecule has 0 bridgehead atoms. The lowest BCUT2D eigenvalue weighted by molar-refractivity contribution is 0.251. The van der Waals surface area contributed by atoms with Crippen molar-refractivity contribution >= 4 is 22.9 Å². The van der Waals surface area contributed by atoms with Crippen LogP contribution in [0.3, 0.4) is 0 Å². The van der Waals surface area contributed by atoms with Gasteiger partial charge in [0.25, 0.3) is 0 Å². The second-order valence-corrected chi connectivity index (χ2v) is 7.74. The predicted octanol–water partition coefficient (Wildman–Crippen LogP) is 4.94. The van der Waals surface area contributed by atoms with Crippen molar-refractivity contribution < 1.29 is 9.53 Å². The van der Waals surface area contributed by atoms with E-state index in [-0.39, 0.29) is 6.03 Å². The average molecular weight is 430 g/mol. The minimum absolute atomic E-state index is 0.263. The molecule has 0 unspecified atom stereocenters. The fraction of sp³-hybridized carbons (Fsp3) is 0.240. The molecule has 2 N–H and O–H groups in total. The molecule has 0 aliphatic rings. The summed E-state index contributed by atoms with van der Waals surface area (Å²) in [5.41, 5.74) is 5.65. The third-order valence-electron chi connectivity index (χ3n) is 5.26. The molecule has 4 rings (SSSR count). The van der Waals surface area contributed by atoms with Crippen molar-refractivity contribution in [1.29, 1.82) is 0 Å². The fourth-order valence-corrected chi connectivity index (χ4v) is 3.62. The molecule has 7 heteroatoms. The number of aromatic nitrogens is 3. The molecule has 0 fully saturated rings.